The van der Waals surface area contributed by atoms with Crippen LogP contribution in [0, 0.1) is 13.8 Å². The van der Waals surface area contributed by atoms with Gasteiger partial charge in [0.25, 0.3) is 0 Å². The van der Waals surface area contributed by atoms with Gasteiger partial charge in [0.2, 0.25) is 12.0 Å². The van der Waals surface area contributed by atoms with Crippen molar-refractivity contribution >= 4 is 6.29 Å². The van der Waals surface area contributed by atoms with Crippen LogP contribution in [0.4, 0.5) is 0 Å². The van der Waals surface area contributed by atoms with Gasteiger partial charge in [-0.1, -0.05) is 11.6 Å². The lowest BCUT2D eigenvalue weighted by Gasteiger charge is -1.97. The second-order valence-electron chi connectivity index (χ2n) is 3.61. The summed E-state index contributed by atoms with van der Waals surface area (Å²) in [5, 5.41) is 2.40. The van der Waals surface area contributed by atoms with Gasteiger partial charge in [0, 0.05) is 11.6 Å². The fourth-order valence-electron chi connectivity index (χ4n) is 1.62. The average Bonchev–Trinajstić information content (AvgIpc) is 2.59. The zero-order valence-electron chi connectivity index (χ0n) is 8.98. The van der Waals surface area contributed by atoms with E-state index in [4.69, 9.17) is 0 Å². The van der Waals surface area contributed by atoms with E-state index in [9.17, 15) is 9.59 Å². The van der Waals surface area contributed by atoms with Crippen LogP contribution < -0.4 is 10.3 Å². The van der Waals surface area contributed by atoms with Crippen molar-refractivity contribution in [2.45, 2.75) is 13.8 Å². The quantitative estimate of drug-likeness (QED) is 0.596. The van der Waals surface area contributed by atoms with E-state index in [1.165, 1.54) is 4.68 Å². The number of aldehydes is 1. The SMILES string of the molecule is Cc1ccc(-[n+]2[nH]oc(=O)c2C=O)c(C)c1. The van der Waals surface area contributed by atoms with Crippen LogP contribution in [0.25, 0.3) is 5.69 Å². The number of carbonyl (C=O) groups is 1. The second-order valence-corrected chi connectivity index (χ2v) is 3.61. The first-order chi connectivity index (χ1) is 7.63. The monoisotopic (exact) mass is 219 g/mol. The van der Waals surface area contributed by atoms with Crippen LogP contribution in [0.5, 0.6) is 0 Å². The number of carbonyl (C=O) groups excluding carboxylic acids is 1. The number of hydrogen-bond donors (Lipinski definition) is 1. The van der Waals surface area contributed by atoms with E-state index in [2.05, 4.69) is 9.79 Å². The lowest BCUT2D eigenvalue weighted by Crippen LogP contribution is -2.39. The van der Waals surface area contributed by atoms with E-state index < -0.39 is 5.63 Å². The Labute approximate surface area is 91.3 Å². The topological polar surface area (TPSA) is 67.0 Å². The molecule has 0 saturated carbocycles. The molecule has 1 aromatic heterocycles. The summed E-state index contributed by atoms with van der Waals surface area (Å²) in [5.41, 5.74) is 2.06. The summed E-state index contributed by atoms with van der Waals surface area (Å²) in [4.78, 5) is 21.9. The van der Waals surface area contributed by atoms with Gasteiger partial charge in [-0.3, -0.25) is 9.32 Å². The lowest BCUT2D eigenvalue weighted by atomic mass is 10.1. The molecule has 1 aromatic carbocycles. The molecule has 1 N–H and O–H groups in total. The van der Waals surface area contributed by atoms with Crippen LogP contribution >= 0.6 is 0 Å². The molecule has 0 aliphatic heterocycles. The van der Waals surface area contributed by atoms with Gasteiger partial charge in [-0.05, 0) is 29.9 Å². The molecule has 16 heavy (non-hydrogen) atoms. The fourth-order valence-corrected chi connectivity index (χ4v) is 1.62. The fraction of sp³-hybridized carbons (Fsp3) is 0.182. The van der Waals surface area contributed by atoms with Gasteiger partial charge in [0.1, 0.15) is 0 Å². The van der Waals surface area contributed by atoms with Crippen molar-refractivity contribution in [3.05, 3.63) is 45.4 Å². The van der Waals surface area contributed by atoms with Crippen LogP contribution in [0.1, 0.15) is 21.6 Å². The van der Waals surface area contributed by atoms with Gasteiger partial charge < -0.3 is 0 Å². The van der Waals surface area contributed by atoms with E-state index in [0.717, 1.165) is 16.8 Å². The number of nitrogens with zero attached hydrogens (tertiary/aromatic N) is 1. The molecule has 0 radical (unpaired) electrons. The molecule has 0 aliphatic rings. The normalized spacial score (nSPS) is 10.4. The van der Waals surface area contributed by atoms with E-state index in [1.807, 2.05) is 32.0 Å². The maximum atomic E-state index is 11.2. The van der Waals surface area contributed by atoms with Crippen molar-refractivity contribution in [2.75, 3.05) is 0 Å². The summed E-state index contributed by atoms with van der Waals surface area (Å²) in [7, 11) is 0. The Morgan fingerprint density at radius 3 is 2.75 bits per heavy atom. The highest BCUT2D eigenvalue weighted by atomic mass is 16.5. The number of benzene rings is 1. The van der Waals surface area contributed by atoms with Crippen molar-refractivity contribution in [3.8, 4) is 5.69 Å². The Kier molecular flexibility index (Phi) is 2.44. The highest BCUT2D eigenvalue weighted by Gasteiger charge is 2.23. The van der Waals surface area contributed by atoms with E-state index in [0.29, 0.717) is 6.29 Å². The van der Waals surface area contributed by atoms with E-state index >= 15 is 0 Å². The zero-order valence-corrected chi connectivity index (χ0v) is 8.98. The third kappa shape index (κ3) is 1.56. The van der Waals surface area contributed by atoms with Crippen LogP contribution in [-0.4, -0.2) is 11.6 Å². The summed E-state index contributed by atoms with van der Waals surface area (Å²) in [6.45, 7) is 3.87. The predicted octanol–water partition coefficient (Wildman–Crippen LogP) is 0.674. The lowest BCUT2D eigenvalue weighted by molar-refractivity contribution is -0.672. The van der Waals surface area contributed by atoms with Crippen LogP contribution in [0.3, 0.4) is 0 Å². The number of hydrogen-bond acceptors (Lipinski definition) is 3. The summed E-state index contributed by atoms with van der Waals surface area (Å²) in [6.07, 6.45) is 0.474. The van der Waals surface area contributed by atoms with Crippen LogP contribution in [0.15, 0.2) is 27.5 Å². The third-order valence-electron chi connectivity index (χ3n) is 2.38. The summed E-state index contributed by atoms with van der Waals surface area (Å²) in [5.74, 6) is 0. The molecule has 0 unspecified atom stereocenters. The molecular weight excluding hydrogens is 208 g/mol. The summed E-state index contributed by atoms with van der Waals surface area (Å²) < 4.78 is 5.91. The van der Waals surface area contributed by atoms with Gasteiger partial charge in [0.15, 0.2) is 0 Å². The standard InChI is InChI=1S/C11H10N2O3/c1-7-3-4-9(8(2)5-7)13-10(6-14)11(15)16-12-13/h3-6H,1-2H3/p+1. The Morgan fingerprint density at radius 2 is 2.12 bits per heavy atom. The second kappa shape index (κ2) is 3.77. The van der Waals surface area contributed by atoms with Crippen molar-refractivity contribution < 1.29 is 14.0 Å². The zero-order chi connectivity index (χ0) is 11.7. The van der Waals surface area contributed by atoms with E-state index in [1.54, 1.807) is 0 Å². The van der Waals surface area contributed by atoms with Gasteiger partial charge in [-0.25, -0.2) is 4.79 Å². The van der Waals surface area contributed by atoms with Crippen molar-refractivity contribution in [1.29, 1.82) is 0 Å². The van der Waals surface area contributed by atoms with Gasteiger partial charge in [0.05, 0.1) is 0 Å². The Balaban J connectivity index is 2.67. The predicted molar refractivity (Wildman–Crippen MR) is 55.7 cm³/mol. The van der Waals surface area contributed by atoms with Gasteiger partial charge in [-0.2, -0.15) is 0 Å². The smallest absolute Gasteiger partial charge is 0.291 e. The molecule has 0 saturated heterocycles. The number of H-pyrrole nitrogens is 1. The molecule has 0 aliphatic carbocycles. The molecule has 2 aromatic rings. The summed E-state index contributed by atoms with van der Waals surface area (Å²) in [6, 6.07) is 5.68. The third-order valence-corrected chi connectivity index (χ3v) is 2.38. The number of aromatic nitrogens is 2. The molecule has 0 bridgehead atoms. The van der Waals surface area contributed by atoms with Gasteiger partial charge in [-0.15, -0.1) is 0 Å². The molecule has 1 heterocycles. The highest BCUT2D eigenvalue weighted by molar-refractivity contribution is 5.68. The first-order valence-corrected chi connectivity index (χ1v) is 4.80. The minimum absolute atomic E-state index is 0.0491. The van der Waals surface area contributed by atoms with Crippen molar-refractivity contribution in [1.82, 2.24) is 5.27 Å². The number of aromatic amines is 1. The average molecular weight is 219 g/mol. The molecule has 82 valence electrons. The molecule has 0 spiro atoms. The van der Waals surface area contributed by atoms with Gasteiger partial charge >= 0.3 is 11.3 Å². The molecule has 0 amide bonds. The van der Waals surface area contributed by atoms with Crippen LogP contribution in [-0.2, 0) is 0 Å². The van der Waals surface area contributed by atoms with Crippen LogP contribution in [0.2, 0.25) is 0 Å². The molecular formula is C11H11N2O3+. The molecule has 2 rings (SSSR count). The molecule has 5 nitrogen and oxygen atoms in total. The van der Waals surface area contributed by atoms with Crippen molar-refractivity contribution in [2.24, 2.45) is 0 Å². The first-order valence-electron chi connectivity index (χ1n) is 4.80. The largest absolute Gasteiger partial charge is 0.438 e. The minimum Gasteiger partial charge on any atom is -0.291 e. The Hall–Kier alpha value is -2.17. The maximum absolute atomic E-state index is 11.2. The minimum atomic E-state index is -0.671. The molecule has 5 heteroatoms. The summed E-state index contributed by atoms with van der Waals surface area (Å²) >= 11 is 0. The number of nitrogens with one attached hydrogen (secondary N) is 1. The molecule has 0 atom stereocenters. The van der Waals surface area contributed by atoms with E-state index in [-0.39, 0.29) is 5.69 Å². The van der Waals surface area contributed by atoms with Crippen molar-refractivity contribution in [3.63, 3.8) is 0 Å². The Bertz CT molecular complexity index is 596. The Morgan fingerprint density at radius 1 is 1.38 bits per heavy atom. The first kappa shape index (κ1) is 10.4. The maximum Gasteiger partial charge on any atom is 0.438 e. The number of rotatable bonds is 2. The number of aryl methyl sites for hydroxylation is 2. The highest BCUT2D eigenvalue weighted by Crippen LogP contribution is 2.09. The molecule has 0 fully saturated rings.